The van der Waals surface area contributed by atoms with Gasteiger partial charge in [0.05, 0.1) is 11.1 Å². The molecule has 0 atom stereocenters. The predicted octanol–water partition coefficient (Wildman–Crippen LogP) is 3.41. The topological polar surface area (TPSA) is 90.3 Å². The van der Waals surface area contributed by atoms with E-state index in [0.29, 0.717) is 5.65 Å². The van der Waals surface area contributed by atoms with Crippen molar-refractivity contribution in [3.63, 3.8) is 0 Å². The lowest BCUT2D eigenvalue weighted by molar-refractivity contribution is 0.602. The summed E-state index contributed by atoms with van der Waals surface area (Å²) in [5.74, 6) is 0. The normalized spacial score (nSPS) is 15.5. The van der Waals surface area contributed by atoms with Crippen LogP contribution in [0.1, 0.15) is 18.4 Å². The van der Waals surface area contributed by atoms with Crippen molar-refractivity contribution < 1.29 is 8.42 Å². The largest absolute Gasteiger partial charge is 0.321 e. The molecule has 5 rings (SSSR count). The van der Waals surface area contributed by atoms with Crippen molar-refractivity contribution in [3.05, 3.63) is 72.7 Å². The Morgan fingerprint density at radius 3 is 2.45 bits per heavy atom. The molecule has 0 unspecified atom stereocenters. The van der Waals surface area contributed by atoms with Crippen molar-refractivity contribution >= 4 is 15.5 Å². The van der Waals surface area contributed by atoms with Gasteiger partial charge in [-0.15, -0.1) is 0 Å². The fourth-order valence-electron chi connectivity index (χ4n) is 3.54. The van der Waals surface area contributed by atoms with Crippen LogP contribution in [0.15, 0.2) is 72.0 Å². The smallest absolute Gasteiger partial charge is 0.175 e. The van der Waals surface area contributed by atoms with Crippen molar-refractivity contribution in [1.82, 2.24) is 14.6 Å². The van der Waals surface area contributed by atoms with E-state index in [0.717, 1.165) is 35.1 Å². The van der Waals surface area contributed by atoms with E-state index in [9.17, 15) is 8.42 Å². The standard InChI is InChI=1S/C22H20N4O2S/c1-29(27,28)19-4-2-3-16(11-19)20-13-25-26-14-17(12-24-21(20)26)15-5-7-18(8-6-15)22(23)9-10-22/h2-8,11-14H,9-10,23H2,1H3. The second-order valence-electron chi connectivity index (χ2n) is 7.70. The van der Waals surface area contributed by atoms with Crippen LogP contribution in [0.4, 0.5) is 0 Å². The minimum absolute atomic E-state index is 0.141. The summed E-state index contributed by atoms with van der Waals surface area (Å²) in [7, 11) is -3.28. The van der Waals surface area contributed by atoms with Gasteiger partial charge in [0.2, 0.25) is 0 Å². The molecule has 0 saturated heterocycles. The van der Waals surface area contributed by atoms with E-state index in [1.54, 1.807) is 28.9 Å². The van der Waals surface area contributed by atoms with Gasteiger partial charge in [-0.1, -0.05) is 36.4 Å². The van der Waals surface area contributed by atoms with E-state index >= 15 is 0 Å². The average molecular weight is 404 g/mol. The molecular formula is C22H20N4O2S. The Bertz CT molecular complexity index is 1340. The molecule has 1 aliphatic rings. The molecule has 0 radical (unpaired) electrons. The second-order valence-corrected chi connectivity index (χ2v) is 9.72. The fraction of sp³-hybridized carbons (Fsp3) is 0.182. The monoisotopic (exact) mass is 404 g/mol. The predicted molar refractivity (Wildman–Crippen MR) is 112 cm³/mol. The highest BCUT2D eigenvalue weighted by Crippen LogP contribution is 2.42. The molecule has 2 heterocycles. The Morgan fingerprint density at radius 2 is 1.76 bits per heavy atom. The van der Waals surface area contributed by atoms with E-state index in [1.807, 2.05) is 18.5 Å². The number of hydrogen-bond acceptors (Lipinski definition) is 5. The van der Waals surface area contributed by atoms with E-state index in [-0.39, 0.29) is 10.4 Å². The fourth-order valence-corrected chi connectivity index (χ4v) is 4.21. The molecule has 0 bridgehead atoms. The quantitative estimate of drug-likeness (QED) is 0.563. The molecule has 1 saturated carbocycles. The molecule has 0 aliphatic heterocycles. The Labute approximate surface area is 168 Å². The Hall–Kier alpha value is -3.03. The molecule has 1 fully saturated rings. The van der Waals surface area contributed by atoms with Crippen LogP contribution in [0.3, 0.4) is 0 Å². The van der Waals surface area contributed by atoms with Gasteiger partial charge >= 0.3 is 0 Å². The third-order valence-electron chi connectivity index (χ3n) is 5.51. The molecule has 7 heteroatoms. The summed E-state index contributed by atoms with van der Waals surface area (Å²) in [6.45, 7) is 0. The van der Waals surface area contributed by atoms with Gasteiger partial charge in [-0.2, -0.15) is 5.10 Å². The molecular weight excluding hydrogens is 384 g/mol. The third-order valence-corrected chi connectivity index (χ3v) is 6.62. The van der Waals surface area contributed by atoms with Gasteiger partial charge < -0.3 is 5.73 Å². The van der Waals surface area contributed by atoms with E-state index < -0.39 is 9.84 Å². The number of hydrogen-bond donors (Lipinski definition) is 1. The van der Waals surface area contributed by atoms with Crippen molar-refractivity contribution in [2.45, 2.75) is 23.3 Å². The number of sulfone groups is 1. The maximum atomic E-state index is 11.9. The molecule has 2 aromatic carbocycles. The lowest BCUT2D eigenvalue weighted by Gasteiger charge is -2.10. The first kappa shape index (κ1) is 18.0. The number of nitrogens with zero attached hydrogens (tertiary/aromatic N) is 3. The number of nitrogens with two attached hydrogens (primary N) is 1. The zero-order valence-corrected chi connectivity index (χ0v) is 16.7. The Morgan fingerprint density at radius 1 is 1.00 bits per heavy atom. The second kappa shape index (κ2) is 6.23. The highest BCUT2D eigenvalue weighted by molar-refractivity contribution is 7.90. The van der Waals surface area contributed by atoms with Crippen molar-refractivity contribution in [2.75, 3.05) is 6.26 Å². The van der Waals surface area contributed by atoms with Gasteiger partial charge in [0.25, 0.3) is 0 Å². The summed E-state index contributed by atoms with van der Waals surface area (Å²) in [6, 6.07) is 15.1. The molecule has 29 heavy (non-hydrogen) atoms. The molecule has 1 aliphatic carbocycles. The van der Waals surface area contributed by atoms with Gasteiger partial charge in [0.1, 0.15) is 0 Å². The summed E-state index contributed by atoms with van der Waals surface area (Å²) in [6.07, 6.45) is 8.73. The summed E-state index contributed by atoms with van der Waals surface area (Å²) >= 11 is 0. The Kier molecular flexibility index (Phi) is 3.88. The highest BCUT2D eigenvalue weighted by atomic mass is 32.2. The lowest BCUT2D eigenvalue weighted by atomic mass is 10.0. The highest BCUT2D eigenvalue weighted by Gasteiger charge is 2.39. The molecule has 0 amide bonds. The summed E-state index contributed by atoms with van der Waals surface area (Å²) < 4.78 is 25.4. The van der Waals surface area contributed by atoms with Crippen LogP contribution in [-0.2, 0) is 15.4 Å². The molecule has 146 valence electrons. The first-order valence-corrected chi connectivity index (χ1v) is 11.3. The van der Waals surface area contributed by atoms with Crippen molar-refractivity contribution in [2.24, 2.45) is 5.73 Å². The van der Waals surface area contributed by atoms with Crippen LogP contribution < -0.4 is 5.73 Å². The van der Waals surface area contributed by atoms with Gasteiger partial charge in [0, 0.05) is 35.3 Å². The number of aromatic nitrogens is 3. The summed E-state index contributed by atoms with van der Waals surface area (Å²) in [5, 5.41) is 4.42. The Balaban J connectivity index is 1.52. The number of fused-ring (bicyclic) bond motifs is 1. The first-order chi connectivity index (χ1) is 13.8. The van der Waals surface area contributed by atoms with Gasteiger partial charge in [-0.3, -0.25) is 0 Å². The molecule has 2 aromatic heterocycles. The SMILES string of the molecule is CS(=O)(=O)c1cccc(-c2cnn3cc(-c4ccc(C5(N)CC5)cc4)cnc23)c1. The first-order valence-electron chi connectivity index (χ1n) is 9.37. The van der Waals surface area contributed by atoms with Crippen LogP contribution in [0, 0.1) is 0 Å². The van der Waals surface area contributed by atoms with Crippen LogP contribution >= 0.6 is 0 Å². The maximum Gasteiger partial charge on any atom is 0.175 e. The van der Waals surface area contributed by atoms with Crippen molar-refractivity contribution in [3.8, 4) is 22.3 Å². The van der Waals surface area contributed by atoms with Gasteiger partial charge in [-0.25, -0.2) is 17.9 Å². The van der Waals surface area contributed by atoms with Gasteiger partial charge in [0.15, 0.2) is 15.5 Å². The lowest BCUT2D eigenvalue weighted by Crippen LogP contribution is -2.18. The molecule has 6 nitrogen and oxygen atoms in total. The molecule has 4 aromatic rings. The van der Waals surface area contributed by atoms with Crippen molar-refractivity contribution in [1.29, 1.82) is 0 Å². The van der Waals surface area contributed by atoms with Crippen LogP contribution in [0.5, 0.6) is 0 Å². The van der Waals surface area contributed by atoms with E-state index in [2.05, 4.69) is 34.3 Å². The van der Waals surface area contributed by atoms with Crippen LogP contribution in [-0.4, -0.2) is 29.3 Å². The maximum absolute atomic E-state index is 11.9. The number of benzene rings is 2. The number of rotatable bonds is 4. The zero-order chi connectivity index (χ0) is 20.2. The van der Waals surface area contributed by atoms with Gasteiger partial charge in [-0.05, 0) is 41.7 Å². The average Bonchev–Trinajstić information content (AvgIpc) is 3.33. The molecule has 2 N–H and O–H groups in total. The minimum Gasteiger partial charge on any atom is -0.321 e. The minimum atomic E-state index is -3.28. The van der Waals surface area contributed by atoms with E-state index in [1.165, 1.54) is 11.8 Å². The molecule has 0 spiro atoms. The third kappa shape index (κ3) is 3.22. The van der Waals surface area contributed by atoms with Crippen LogP contribution in [0.2, 0.25) is 0 Å². The summed E-state index contributed by atoms with van der Waals surface area (Å²) in [5.41, 5.74) is 11.5. The van der Waals surface area contributed by atoms with Crippen LogP contribution in [0.25, 0.3) is 27.9 Å². The zero-order valence-electron chi connectivity index (χ0n) is 15.9. The summed E-state index contributed by atoms with van der Waals surface area (Å²) in [4.78, 5) is 4.87. The van der Waals surface area contributed by atoms with E-state index in [4.69, 9.17) is 5.73 Å².